The first-order valence-electron chi connectivity index (χ1n) is 12.4. The van der Waals surface area contributed by atoms with Gasteiger partial charge in [0.05, 0.1) is 16.9 Å². The lowest BCUT2D eigenvalue weighted by Gasteiger charge is -2.19. The van der Waals surface area contributed by atoms with E-state index in [2.05, 4.69) is 36.3 Å². The topological polar surface area (TPSA) is 59.8 Å². The maximum Gasteiger partial charge on any atom is 0.416 e. The average Bonchev–Trinajstić information content (AvgIpc) is 3.30. The molecule has 1 aromatic heterocycles. The molecule has 0 radical (unpaired) electrons. The number of amides is 1. The van der Waals surface area contributed by atoms with Crippen LogP contribution in [0.5, 0.6) is 0 Å². The molecule has 41 heavy (non-hydrogen) atoms. The highest BCUT2D eigenvalue weighted by Crippen LogP contribution is 2.38. The van der Waals surface area contributed by atoms with Gasteiger partial charge in [-0.2, -0.15) is 26.3 Å². The fourth-order valence-electron chi connectivity index (χ4n) is 3.95. The van der Waals surface area contributed by atoms with Crippen LogP contribution in [0.3, 0.4) is 0 Å². The number of halogens is 6. The van der Waals surface area contributed by atoms with Gasteiger partial charge < -0.3 is 5.32 Å². The van der Waals surface area contributed by atoms with E-state index < -0.39 is 35.1 Å². The minimum atomic E-state index is -5.03. The minimum absolute atomic E-state index is 0.00398. The van der Waals surface area contributed by atoms with E-state index in [0.717, 1.165) is 28.5 Å². The van der Waals surface area contributed by atoms with E-state index in [1.165, 1.54) is 0 Å². The van der Waals surface area contributed by atoms with Crippen LogP contribution < -0.4 is 5.32 Å². The van der Waals surface area contributed by atoms with Crippen LogP contribution in [0.2, 0.25) is 0 Å². The Morgan fingerprint density at radius 3 is 1.88 bits per heavy atom. The molecule has 0 atom stereocenters. The summed E-state index contributed by atoms with van der Waals surface area (Å²) >= 11 is 0.949. The van der Waals surface area contributed by atoms with Crippen molar-refractivity contribution in [2.45, 2.75) is 50.6 Å². The Bertz CT molecular complexity index is 1500. The van der Waals surface area contributed by atoms with Gasteiger partial charge in [-0.15, -0.1) is 10.2 Å². The Balaban J connectivity index is 1.61. The molecule has 216 valence electrons. The molecule has 5 nitrogen and oxygen atoms in total. The first kappa shape index (κ1) is 30.2. The van der Waals surface area contributed by atoms with E-state index in [9.17, 15) is 31.1 Å². The predicted octanol–water partition coefficient (Wildman–Crippen LogP) is 8.31. The van der Waals surface area contributed by atoms with Gasteiger partial charge in [0, 0.05) is 16.9 Å². The number of rotatable bonds is 6. The third-order valence-corrected chi connectivity index (χ3v) is 7.07. The zero-order valence-corrected chi connectivity index (χ0v) is 23.3. The summed E-state index contributed by atoms with van der Waals surface area (Å²) < 4.78 is 80.9. The van der Waals surface area contributed by atoms with Gasteiger partial charge in [-0.05, 0) is 48.2 Å². The first-order chi connectivity index (χ1) is 19.0. The molecule has 1 heterocycles. The number of alkyl halides is 6. The molecule has 0 aliphatic heterocycles. The first-order valence-corrected chi connectivity index (χ1v) is 13.4. The average molecular weight is 593 g/mol. The largest absolute Gasteiger partial charge is 0.416 e. The van der Waals surface area contributed by atoms with Gasteiger partial charge in [0.1, 0.15) is 0 Å². The Morgan fingerprint density at radius 2 is 1.37 bits per heavy atom. The van der Waals surface area contributed by atoms with Crippen molar-refractivity contribution in [3.05, 3.63) is 89.0 Å². The van der Waals surface area contributed by atoms with E-state index in [-0.39, 0.29) is 17.2 Å². The van der Waals surface area contributed by atoms with Gasteiger partial charge in [-0.1, -0.05) is 74.5 Å². The fourth-order valence-corrected chi connectivity index (χ4v) is 4.70. The lowest BCUT2D eigenvalue weighted by atomic mass is 9.87. The van der Waals surface area contributed by atoms with Gasteiger partial charge in [-0.25, -0.2) is 0 Å². The highest BCUT2D eigenvalue weighted by molar-refractivity contribution is 7.99. The van der Waals surface area contributed by atoms with Gasteiger partial charge in [0.2, 0.25) is 5.91 Å². The molecule has 0 bridgehead atoms. The zero-order chi connectivity index (χ0) is 30.2. The number of aryl methyl sites for hydroxylation is 1. The van der Waals surface area contributed by atoms with E-state index >= 15 is 0 Å². The molecule has 0 saturated carbocycles. The number of thioether (sulfide) groups is 1. The number of nitrogens with zero attached hydrogens (tertiary/aromatic N) is 3. The summed E-state index contributed by atoms with van der Waals surface area (Å²) in [5.74, 6) is -0.646. The molecule has 1 N–H and O–H groups in total. The Labute approximate surface area is 237 Å². The SMILES string of the molecule is Cc1ccc(-n2c(SCC(=O)Nc3cc(C(F)(F)F)cc(C(F)(F)F)c3)nnc2-c2ccc(C(C)(C)C)cc2)cc1. The summed E-state index contributed by atoms with van der Waals surface area (Å²) in [6.07, 6.45) is -10.1. The van der Waals surface area contributed by atoms with Crippen LogP contribution in [-0.2, 0) is 22.6 Å². The third kappa shape index (κ3) is 7.29. The van der Waals surface area contributed by atoms with Crippen molar-refractivity contribution in [1.29, 1.82) is 0 Å². The molecule has 0 aliphatic rings. The molecule has 0 aliphatic carbocycles. The smallest absolute Gasteiger partial charge is 0.325 e. The summed E-state index contributed by atoms with van der Waals surface area (Å²) in [6.45, 7) is 8.22. The predicted molar refractivity (Wildman–Crippen MR) is 146 cm³/mol. The molecular weight excluding hydrogens is 566 g/mol. The Morgan fingerprint density at radius 1 is 0.805 bits per heavy atom. The molecule has 3 aromatic carbocycles. The number of carbonyl (C=O) groups is 1. The number of benzene rings is 3. The monoisotopic (exact) mass is 592 g/mol. The standard InChI is InChI=1S/C29H26F6N4OS/c1-17-5-11-23(12-6-17)39-25(18-7-9-19(10-8-18)27(2,3)4)37-38-26(39)41-16-24(40)36-22-14-20(28(30,31)32)13-21(15-22)29(33,34)35/h5-15H,16H2,1-4H3,(H,36,40). The molecule has 0 saturated heterocycles. The van der Waals surface area contributed by atoms with Gasteiger partial charge in [0.15, 0.2) is 11.0 Å². The van der Waals surface area contributed by atoms with Crippen LogP contribution in [0.25, 0.3) is 17.1 Å². The van der Waals surface area contributed by atoms with Crippen molar-refractivity contribution < 1.29 is 31.1 Å². The zero-order valence-electron chi connectivity index (χ0n) is 22.5. The number of hydrogen-bond acceptors (Lipinski definition) is 4. The molecule has 1 amide bonds. The van der Waals surface area contributed by atoms with Crippen LogP contribution in [0.15, 0.2) is 71.9 Å². The lowest BCUT2D eigenvalue weighted by Crippen LogP contribution is -2.17. The number of nitrogens with one attached hydrogen (secondary N) is 1. The van der Waals surface area contributed by atoms with Crippen LogP contribution in [0.1, 0.15) is 43.0 Å². The van der Waals surface area contributed by atoms with Crippen molar-refractivity contribution in [1.82, 2.24) is 14.8 Å². The summed E-state index contributed by atoms with van der Waals surface area (Å²) in [4.78, 5) is 12.7. The van der Waals surface area contributed by atoms with Gasteiger partial charge in [0.25, 0.3) is 0 Å². The van der Waals surface area contributed by atoms with Crippen molar-refractivity contribution in [3.63, 3.8) is 0 Å². The quantitative estimate of drug-likeness (QED) is 0.181. The number of hydrogen-bond donors (Lipinski definition) is 1. The number of aromatic nitrogens is 3. The third-order valence-electron chi connectivity index (χ3n) is 6.14. The Kier molecular flexibility index (Phi) is 8.26. The van der Waals surface area contributed by atoms with E-state index in [1.54, 1.807) is 4.57 Å². The number of anilines is 1. The molecule has 0 spiro atoms. The maximum atomic E-state index is 13.2. The summed E-state index contributed by atoms with van der Waals surface area (Å²) in [7, 11) is 0. The molecule has 12 heteroatoms. The lowest BCUT2D eigenvalue weighted by molar-refractivity contribution is -0.143. The molecule has 0 unspecified atom stereocenters. The highest BCUT2D eigenvalue weighted by Gasteiger charge is 2.37. The second-order valence-corrected chi connectivity index (χ2v) is 11.4. The van der Waals surface area contributed by atoms with Gasteiger partial charge >= 0.3 is 12.4 Å². The number of carbonyl (C=O) groups excluding carboxylic acids is 1. The van der Waals surface area contributed by atoms with E-state index in [0.29, 0.717) is 28.8 Å². The second-order valence-electron chi connectivity index (χ2n) is 10.4. The summed E-state index contributed by atoms with van der Waals surface area (Å²) in [6, 6.07) is 16.3. The van der Waals surface area contributed by atoms with Crippen LogP contribution in [0, 0.1) is 6.92 Å². The fraction of sp³-hybridized carbons (Fsp3) is 0.276. The van der Waals surface area contributed by atoms with Crippen molar-refractivity contribution in [2.75, 3.05) is 11.1 Å². The second kappa shape index (κ2) is 11.2. The minimum Gasteiger partial charge on any atom is -0.325 e. The Hall–Kier alpha value is -3.80. The van der Waals surface area contributed by atoms with Crippen molar-refractivity contribution in [2.24, 2.45) is 0 Å². The molecule has 4 aromatic rings. The van der Waals surface area contributed by atoms with Crippen molar-refractivity contribution in [3.8, 4) is 17.1 Å². The van der Waals surface area contributed by atoms with E-state index in [4.69, 9.17) is 0 Å². The maximum absolute atomic E-state index is 13.2. The van der Waals surface area contributed by atoms with Crippen LogP contribution in [0.4, 0.5) is 32.0 Å². The van der Waals surface area contributed by atoms with E-state index in [1.807, 2.05) is 55.5 Å². The van der Waals surface area contributed by atoms with Crippen molar-refractivity contribution >= 4 is 23.4 Å². The highest BCUT2D eigenvalue weighted by atomic mass is 32.2. The molecular formula is C29H26F6N4OS. The normalized spacial score (nSPS) is 12.4. The van der Waals surface area contributed by atoms with Crippen LogP contribution >= 0.6 is 11.8 Å². The molecule has 4 rings (SSSR count). The van der Waals surface area contributed by atoms with Crippen LogP contribution in [-0.4, -0.2) is 26.4 Å². The molecule has 0 fully saturated rings. The summed E-state index contributed by atoms with van der Waals surface area (Å²) in [5, 5.41) is 11.0. The van der Waals surface area contributed by atoms with Gasteiger partial charge in [-0.3, -0.25) is 9.36 Å². The summed E-state index contributed by atoms with van der Waals surface area (Å²) in [5.41, 5.74) is -0.0802.